The zero-order valence-corrected chi connectivity index (χ0v) is 15.8. The van der Waals surface area contributed by atoms with E-state index in [-0.39, 0.29) is 5.91 Å². The first-order chi connectivity index (χ1) is 12.4. The fraction of sp³-hybridized carbons (Fsp3) is 0.619. The Bertz CT molecular complexity index is 665. The fourth-order valence-electron chi connectivity index (χ4n) is 4.27. The van der Waals surface area contributed by atoms with Crippen LogP contribution < -0.4 is 0 Å². The molecule has 1 atom stereocenters. The summed E-state index contributed by atoms with van der Waals surface area (Å²) in [6.45, 7) is 3.57. The number of amides is 1. The number of aliphatic carboxylic acids is 1. The predicted octanol–water partition coefficient (Wildman–Crippen LogP) is 3.15. The van der Waals surface area contributed by atoms with Gasteiger partial charge in [-0.1, -0.05) is 29.8 Å². The van der Waals surface area contributed by atoms with Crippen LogP contribution in [-0.4, -0.2) is 48.7 Å². The number of benzene rings is 1. The molecule has 2 aliphatic rings. The molecule has 0 aromatic heterocycles. The normalized spacial score (nSPS) is 24.3. The number of methoxy groups -OCH3 is 1. The van der Waals surface area contributed by atoms with Gasteiger partial charge in [0.2, 0.25) is 5.91 Å². The molecule has 1 amide bonds. The first kappa shape index (κ1) is 18.9. The molecule has 0 spiro atoms. The molecule has 1 saturated carbocycles. The van der Waals surface area contributed by atoms with Gasteiger partial charge < -0.3 is 14.7 Å². The van der Waals surface area contributed by atoms with E-state index in [1.165, 1.54) is 5.56 Å². The minimum absolute atomic E-state index is 0.110. The van der Waals surface area contributed by atoms with E-state index in [2.05, 4.69) is 0 Å². The van der Waals surface area contributed by atoms with Crippen LogP contribution in [0.5, 0.6) is 0 Å². The van der Waals surface area contributed by atoms with Crippen molar-refractivity contribution in [1.82, 2.24) is 4.90 Å². The second-order valence-corrected chi connectivity index (χ2v) is 7.96. The van der Waals surface area contributed by atoms with Crippen molar-refractivity contribution in [2.45, 2.75) is 50.9 Å². The third-order valence-electron chi connectivity index (χ3n) is 6.09. The molecule has 0 bridgehead atoms. The second-order valence-electron chi connectivity index (χ2n) is 7.96. The van der Waals surface area contributed by atoms with E-state index in [9.17, 15) is 14.7 Å². The lowest BCUT2D eigenvalue weighted by Crippen LogP contribution is -2.52. The number of carbonyl (C=O) groups excluding carboxylic acids is 1. The maximum absolute atomic E-state index is 13.3. The average Bonchev–Trinajstić information content (AvgIpc) is 3.44. The number of likely N-dealkylation sites (tertiary alicyclic amines) is 1. The van der Waals surface area contributed by atoms with E-state index in [4.69, 9.17) is 4.74 Å². The first-order valence-corrected chi connectivity index (χ1v) is 9.52. The number of hydrogen-bond acceptors (Lipinski definition) is 3. The fourth-order valence-corrected chi connectivity index (χ4v) is 4.27. The lowest BCUT2D eigenvalue weighted by Gasteiger charge is -2.41. The zero-order valence-electron chi connectivity index (χ0n) is 15.8. The number of carboxylic acids is 1. The van der Waals surface area contributed by atoms with Gasteiger partial charge in [0.1, 0.15) is 0 Å². The van der Waals surface area contributed by atoms with Crippen molar-refractivity contribution in [1.29, 1.82) is 0 Å². The molecule has 1 unspecified atom stereocenters. The standard InChI is InChI=1S/C21H29NO4/c1-16-5-7-17(8-6-16)21(11-12-21)18(23)22-13-3-9-20(15-22,19(24)25)10-4-14-26-2/h5-8H,3-4,9-15H2,1-2H3,(H,24,25). The maximum Gasteiger partial charge on any atom is 0.311 e. The molecule has 1 aliphatic carbocycles. The molecule has 26 heavy (non-hydrogen) atoms. The van der Waals surface area contributed by atoms with Crippen molar-refractivity contribution in [2.24, 2.45) is 5.41 Å². The number of piperidine rings is 1. The first-order valence-electron chi connectivity index (χ1n) is 9.52. The number of carboxylic acid groups (broad SMARTS) is 1. The van der Waals surface area contributed by atoms with Gasteiger partial charge >= 0.3 is 5.97 Å². The molecule has 1 heterocycles. The zero-order chi connectivity index (χ0) is 18.8. The van der Waals surface area contributed by atoms with Crippen LogP contribution in [0.25, 0.3) is 0 Å². The molecule has 0 radical (unpaired) electrons. The Kier molecular flexibility index (Phi) is 5.37. The summed E-state index contributed by atoms with van der Waals surface area (Å²) in [6.07, 6.45) is 4.35. The van der Waals surface area contributed by atoms with Gasteiger partial charge in [-0.2, -0.15) is 0 Å². The summed E-state index contributed by atoms with van der Waals surface area (Å²) in [5.74, 6) is -0.676. The van der Waals surface area contributed by atoms with Gasteiger partial charge in [0.15, 0.2) is 0 Å². The smallest absolute Gasteiger partial charge is 0.311 e. The topological polar surface area (TPSA) is 66.8 Å². The number of ether oxygens (including phenoxy) is 1. The summed E-state index contributed by atoms with van der Waals surface area (Å²) >= 11 is 0. The lowest BCUT2D eigenvalue weighted by molar-refractivity contribution is -0.156. The largest absolute Gasteiger partial charge is 0.481 e. The van der Waals surface area contributed by atoms with Crippen molar-refractivity contribution in [2.75, 3.05) is 26.8 Å². The molecular formula is C21H29NO4. The Morgan fingerprint density at radius 2 is 1.88 bits per heavy atom. The van der Waals surface area contributed by atoms with Crippen LogP contribution in [-0.2, 0) is 19.7 Å². The van der Waals surface area contributed by atoms with E-state index < -0.39 is 16.8 Å². The van der Waals surface area contributed by atoms with Crippen molar-refractivity contribution in [3.63, 3.8) is 0 Å². The highest BCUT2D eigenvalue weighted by molar-refractivity contribution is 5.92. The maximum atomic E-state index is 13.3. The summed E-state index contributed by atoms with van der Waals surface area (Å²) in [5.41, 5.74) is 0.981. The number of aryl methyl sites for hydroxylation is 1. The highest BCUT2D eigenvalue weighted by Gasteiger charge is 2.55. The van der Waals surface area contributed by atoms with Crippen LogP contribution >= 0.6 is 0 Å². The minimum Gasteiger partial charge on any atom is -0.481 e. The number of nitrogens with zero attached hydrogens (tertiary/aromatic N) is 1. The molecule has 2 fully saturated rings. The number of hydrogen-bond donors (Lipinski definition) is 1. The Hall–Kier alpha value is -1.88. The Balaban J connectivity index is 1.77. The lowest BCUT2D eigenvalue weighted by atomic mass is 9.75. The molecule has 1 aliphatic heterocycles. The summed E-state index contributed by atoms with van der Waals surface area (Å²) in [6, 6.07) is 8.19. The molecule has 5 heteroatoms. The third kappa shape index (κ3) is 3.50. The SMILES string of the molecule is COCCCC1(C(=O)O)CCCN(C(=O)C2(c3ccc(C)cc3)CC2)C1. The van der Waals surface area contributed by atoms with Gasteiger partial charge in [-0.05, 0) is 51.0 Å². The molecular weight excluding hydrogens is 330 g/mol. The Morgan fingerprint density at radius 3 is 2.46 bits per heavy atom. The molecule has 5 nitrogen and oxygen atoms in total. The van der Waals surface area contributed by atoms with Crippen molar-refractivity contribution in [3.05, 3.63) is 35.4 Å². The Morgan fingerprint density at radius 1 is 1.19 bits per heavy atom. The third-order valence-corrected chi connectivity index (χ3v) is 6.09. The van der Waals surface area contributed by atoms with Gasteiger partial charge in [0, 0.05) is 26.8 Å². The minimum atomic E-state index is -0.838. The van der Waals surface area contributed by atoms with Crippen LogP contribution in [0.4, 0.5) is 0 Å². The summed E-state index contributed by atoms with van der Waals surface area (Å²) in [5, 5.41) is 9.87. The second kappa shape index (κ2) is 7.39. The van der Waals surface area contributed by atoms with Crippen LogP contribution in [0, 0.1) is 12.3 Å². The van der Waals surface area contributed by atoms with Crippen LogP contribution in [0.2, 0.25) is 0 Å². The quantitative estimate of drug-likeness (QED) is 0.760. The summed E-state index contributed by atoms with van der Waals surface area (Å²) in [4.78, 5) is 27.2. The van der Waals surface area contributed by atoms with Crippen LogP contribution in [0.1, 0.15) is 49.7 Å². The summed E-state index contributed by atoms with van der Waals surface area (Å²) < 4.78 is 5.09. The van der Waals surface area contributed by atoms with Gasteiger partial charge in [-0.3, -0.25) is 9.59 Å². The van der Waals surface area contributed by atoms with Crippen molar-refractivity contribution in [3.8, 4) is 0 Å². The molecule has 1 aromatic carbocycles. The van der Waals surface area contributed by atoms with Gasteiger partial charge in [0.25, 0.3) is 0 Å². The van der Waals surface area contributed by atoms with E-state index >= 15 is 0 Å². The highest BCUT2D eigenvalue weighted by atomic mass is 16.5. The van der Waals surface area contributed by atoms with Crippen LogP contribution in [0.3, 0.4) is 0 Å². The van der Waals surface area contributed by atoms with Crippen molar-refractivity contribution < 1.29 is 19.4 Å². The number of rotatable bonds is 7. The molecule has 142 valence electrons. The molecule has 1 N–H and O–H groups in total. The van der Waals surface area contributed by atoms with Crippen molar-refractivity contribution >= 4 is 11.9 Å². The van der Waals surface area contributed by atoms with E-state index in [1.807, 2.05) is 36.1 Å². The van der Waals surface area contributed by atoms with Crippen LogP contribution in [0.15, 0.2) is 24.3 Å². The van der Waals surface area contributed by atoms with Gasteiger partial charge in [-0.15, -0.1) is 0 Å². The van der Waals surface area contributed by atoms with Gasteiger partial charge in [0.05, 0.1) is 10.8 Å². The Labute approximate surface area is 155 Å². The number of carbonyl (C=O) groups is 2. The highest BCUT2D eigenvalue weighted by Crippen LogP contribution is 2.50. The van der Waals surface area contributed by atoms with E-state index in [1.54, 1.807) is 7.11 Å². The molecule has 1 saturated heterocycles. The van der Waals surface area contributed by atoms with Gasteiger partial charge in [-0.25, -0.2) is 0 Å². The molecule has 3 rings (SSSR count). The van der Waals surface area contributed by atoms with E-state index in [0.717, 1.165) is 24.8 Å². The average molecular weight is 359 g/mol. The summed E-state index contributed by atoms with van der Waals surface area (Å²) in [7, 11) is 1.63. The predicted molar refractivity (Wildman–Crippen MR) is 99.1 cm³/mol. The molecule has 1 aromatic rings. The monoisotopic (exact) mass is 359 g/mol. The van der Waals surface area contributed by atoms with E-state index in [0.29, 0.717) is 39.0 Å².